The molecule has 2 aliphatic rings. The van der Waals surface area contributed by atoms with Crippen molar-refractivity contribution in [2.75, 3.05) is 13.1 Å². The molecule has 2 heterocycles. The molecule has 0 radical (unpaired) electrons. The van der Waals surface area contributed by atoms with Crippen LogP contribution in [0.3, 0.4) is 0 Å². The number of rotatable bonds is 3. The Morgan fingerprint density at radius 3 is 2.87 bits per heavy atom. The van der Waals surface area contributed by atoms with E-state index in [-0.39, 0.29) is 11.5 Å². The van der Waals surface area contributed by atoms with Gasteiger partial charge in [0.05, 0.1) is 0 Å². The number of carbonyl (C=O) groups is 1. The van der Waals surface area contributed by atoms with Gasteiger partial charge in [0.15, 0.2) is 0 Å². The van der Waals surface area contributed by atoms with Gasteiger partial charge >= 0.3 is 6.09 Å². The molecule has 2 fully saturated rings. The molecule has 1 aliphatic heterocycles. The van der Waals surface area contributed by atoms with Crippen molar-refractivity contribution in [2.45, 2.75) is 18.4 Å². The molecule has 0 N–H and O–H groups in total. The van der Waals surface area contributed by atoms with Crippen LogP contribution >= 0.6 is 15.9 Å². The number of likely N-dealkylation sites (tertiary alicyclic amines) is 1. The summed E-state index contributed by atoms with van der Waals surface area (Å²) in [7, 11) is 0. The van der Waals surface area contributed by atoms with Gasteiger partial charge in [-0.25, -0.2) is 4.79 Å². The zero-order valence-corrected chi connectivity index (χ0v) is 14.2. The topological polar surface area (TPSA) is 42.4 Å². The molecule has 0 spiro atoms. The van der Waals surface area contributed by atoms with Gasteiger partial charge in [0.2, 0.25) is 0 Å². The SMILES string of the molecule is O=C(OCc1ccccc1)N1C[C@H]2C[C@@]2(c2ccc(Br)cn2)C1. The minimum Gasteiger partial charge on any atom is -0.445 e. The van der Waals surface area contributed by atoms with Crippen LogP contribution in [0.5, 0.6) is 0 Å². The van der Waals surface area contributed by atoms with Gasteiger partial charge in [0.1, 0.15) is 6.61 Å². The van der Waals surface area contributed by atoms with Crippen molar-refractivity contribution in [3.8, 4) is 0 Å². The number of fused-ring (bicyclic) bond motifs is 1. The molecular weight excluding hydrogens is 356 g/mol. The van der Waals surface area contributed by atoms with E-state index in [1.807, 2.05) is 47.5 Å². The highest BCUT2D eigenvalue weighted by Gasteiger charge is 2.62. The second kappa shape index (κ2) is 5.64. The van der Waals surface area contributed by atoms with Gasteiger partial charge < -0.3 is 9.64 Å². The predicted molar refractivity (Wildman–Crippen MR) is 89.9 cm³/mol. The summed E-state index contributed by atoms with van der Waals surface area (Å²) in [5.74, 6) is 0.514. The number of piperidine rings is 1. The molecule has 1 saturated carbocycles. The van der Waals surface area contributed by atoms with Crippen LogP contribution in [0.15, 0.2) is 53.1 Å². The summed E-state index contributed by atoms with van der Waals surface area (Å²) >= 11 is 3.42. The van der Waals surface area contributed by atoms with Crippen LogP contribution in [0, 0.1) is 5.92 Å². The Morgan fingerprint density at radius 1 is 1.30 bits per heavy atom. The number of ether oxygens (including phenoxy) is 1. The minimum atomic E-state index is -0.225. The van der Waals surface area contributed by atoms with E-state index in [0.29, 0.717) is 19.1 Å². The van der Waals surface area contributed by atoms with Crippen molar-refractivity contribution in [1.82, 2.24) is 9.88 Å². The Morgan fingerprint density at radius 2 is 2.13 bits per heavy atom. The van der Waals surface area contributed by atoms with Crippen molar-refractivity contribution in [3.05, 3.63) is 64.4 Å². The van der Waals surface area contributed by atoms with Crippen molar-refractivity contribution in [3.63, 3.8) is 0 Å². The summed E-state index contributed by atoms with van der Waals surface area (Å²) in [6.07, 6.45) is 2.72. The maximum atomic E-state index is 12.3. The third kappa shape index (κ3) is 2.74. The summed E-state index contributed by atoms with van der Waals surface area (Å²) in [6, 6.07) is 13.8. The Hall–Kier alpha value is -1.88. The van der Waals surface area contributed by atoms with Crippen LogP contribution in [0.1, 0.15) is 17.7 Å². The third-order valence-corrected chi connectivity index (χ3v) is 5.32. The maximum absolute atomic E-state index is 12.3. The number of benzene rings is 1. The zero-order valence-electron chi connectivity index (χ0n) is 12.6. The highest BCUT2D eigenvalue weighted by atomic mass is 79.9. The molecule has 2 atom stereocenters. The second-order valence-corrected chi connectivity index (χ2v) is 7.26. The van der Waals surface area contributed by atoms with Crippen LogP contribution in [0.25, 0.3) is 0 Å². The average molecular weight is 373 g/mol. The van der Waals surface area contributed by atoms with Gasteiger partial charge in [-0.1, -0.05) is 30.3 Å². The lowest BCUT2D eigenvalue weighted by molar-refractivity contribution is 0.0996. The number of carbonyl (C=O) groups excluding carboxylic acids is 1. The molecule has 1 aromatic heterocycles. The normalized spacial score (nSPS) is 25.1. The minimum absolute atomic E-state index is 0.0481. The lowest BCUT2D eigenvalue weighted by Crippen LogP contribution is -2.33. The van der Waals surface area contributed by atoms with Crippen molar-refractivity contribution in [2.24, 2.45) is 5.92 Å². The van der Waals surface area contributed by atoms with Gasteiger partial charge in [-0.05, 0) is 46.0 Å². The third-order valence-electron chi connectivity index (χ3n) is 4.85. The highest BCUT2D eigenvalue weighted by molar-refractivity contribution is 9.10. The lowest BCUT2D eigenvalue weighted by Gasteiger charge is -2.20. The smallest absolute Gasteiger partial charge is 0.410 e. The van der Waals surface area contributed by atoms with Crippen LogP contribution < -0.4 is 0 Å². The molecule has 1 aliphatic carbocycles. The van der Waals surface area contributed by atoms with Crippen LogP contribution in [0.4, 0.5) is 4.79 Å². The molecule has 0 unspecified atom stereocenters. The largest absolute Gasteiger partial charge is 0.445 e. The first-order chi connectivity index (χ1) is 11.2. The lowest BCUT2D eigenvalue weighted by atomic mass is 10.0. The van der Waals surface area contributed by atoms with E-state index in [0.717, 1.165) is 28.7 Å². The van der Waals surface area contributed by atoms with Crippen LogP contribution in [0.2, 0.25) is 0 Å². The van der Waals surface area contributed by atoms with E-state index >= 15 is 0 Å². The number of halogens is 1. The second-order valence-electron chi connectivity index (χ2n) is 6.34. The van der Waals surface area contributed by atoms with Crippen LogP contribution in [-0.2, 0) is 16.8 Å². The van der Waals surface area contributed by atoms with Crippen molar-refractivity contribution >= 4 is 22.0 Å². The first-order valence-corrected chi connectivity index (χ1v) is 8.54. The molecule has 4 nitrogen and oxygen atoms in total. The van der Waals surface area contributed by atoms with Gasteiger partial charge in [-0.2, -0.15) is 0 Å². The maximum Gasteiger partial charge on any atom is 0.410 e. The Balaban J connectivity index is 1.39. The van der Waals surface area contributed by atoms with Gasteiger partial charge in [-0.3, -0.25) is 4.98 Å². The number of nitrogens with zero attached hydrogens (tertiary/aromatic N) is 2. The molecule has 5 heteroatoms. The Labute approximate surface area is 143 Å². The number of aromatic nitrogens is 1. The summed E-state index contributed by atoms with van der Waals surface area (Å²) < 4.78 is 6.42. The quantitative estimate of drug-likeness (QED) is 0.823. The molecule has 118 valence electrons. The standard InChI is InChI=1S/C18H17BrN2O2/c19-15-6-7-16(20-9-15)18-8-14(18)10-21(12-18)17(22)23-11-13-4-2-1-3-5-13/h1-7,9,14H,8,10-12H2/t14-,18-/m1/s1. The fourth-order valence-electron chi connectivity index (χ4n) is 3.50. The fourth-order valence-corrected chi connectivity index (χ4v) is 3.73. The van der Waals surface area contributed by atoms with Crippen molar-refractivity contribution in [1.29, 1.82) is 0 Å². The molecule has 1 amide bonds. The van der Waals surface area contributed by atoms with Gasteiger partial charge in [0.25, 0.3) is 0 Å². The van der Waals surface area contributed by atoms with E-state index in [2.05, 4.69) is 27.0 Å². The van der Waals surface area contributed by atoms with Gasteiger partial charge in [-0.15, -0.1) is 0 Å². The first kappa shape index (κ1) is 14.7. The zero-order chi connectivity index (χ0) is 15.9. The number of amides is 1. The Bertz CT molecular complexity index is 720. The van der Waals surface area contributed by atoms with E-state index < -0.39 is 0 Å². The molecule has 2 aromatic rings. The molecule has 4 rings (SSSR count). The van der Waals surface area contributed by atoms with Crippen LogP contribution in [-0.4, -0.2) is 29.1 Å². The van der Waals surface area contributed by atoms with Gasteiger partial charge in [0, 0.05) is 34.9 Å². The molecule has 0 bridgehead atoms. The molecule has 23 heavy (non-hydrogen) atoms. The summed E-state index contributed by atoms with van der Waals surface area (Å²) in [6.45, 7) is 1.80. The highest BCUT2D eigenvalue weighted by Crippen LogP contribution is 2.58. The van der Waals surface area contributed by atoms with E-state index in [4.69, 9.17) is 4.74 Å². The number of hydrogen-bond acceptors (Lipinski definition) is 3. The Kier molecular flexibility index (Phi) is 3.60. The van der Waals surface area contributed by atoms with Crippen molar-refractivity contribution < 1.29 is 9.53 Å². The summed E-state index contributed by atoms with van der Waals surface area (Å²) in [5.41, 5.74) is 2.14. The molecular formula is C18H17BrN2O2. The fraction of sp³-hybridized carbons (Fsp3) is 0.333. The van der Waals surface area contributed by atoms with E-state index in [1.54, 1.807) is 0 Å². The molecule has 1 saturated heterocycles. The monoisotopic (exact) mass is 372 g/mol. The number of pyridine rings is 1. The average Bonchev–Trinajstić information content (AvgIpc) is 3.15. The predicted octanol–water partition coefficient (Wildman–Crippen LogP) is 3.75. The van der Waals surface area contributed by atoms with E-state index in [9.17, 15) is 4.79 Å². The summed E-state index contributed by atoms with van der Waals surface area (Å²) in [4.78, 5) is 18.6. The first-order valence-electron chi connectivity index (χ1n) is 7.75. The van der Waals surface area contributed by atoms with E-state index in [1.165, 1.54) is 0 Å². The number of hydrogen-bond donors (Lipinski definition) is 0. The molecule has 1 aromatic carbocycles. The summed E-state index contributed by atoms with van der Waals surface area (Å²) in [5, 5.41) is 0.